The molecule has 1 N–H and O–H groups in total. The van der Waals surface area contributed by atoms with Gasteiger partial charge in [-0.05, 0) is 26.0 Å². The Balaban J connectivity index is 2.25. The fraction of sp³-hybridized carbons (Fsp3) is 0.583. The van der Waals surface area contributed by atoms with Gasteiger partial charge < -0.3 is 5.32 Å². The molecule has 1 aromatic heterocycles. The largest absolute Gasteiger partial charge is 0.314 e. The van der Waals surface area contributed by atoms with Crippen molar-refractivity contribution in [1.82, 2.24) is 14.6 Å². The van der Waals surface area contributed by atoms with E-state index < -0.39 is 15.3 Å². The molecule has 5 nitrogen and oxygen atoms in total. The summed E-state index contributed by atoms with van der Waals surface area (Å²) >= 11 is 0. The summed E-state index contributed by atoms with van der Waals surface area (Å²) in [5.41, 5.74) is 0.600. The van der Waals surface area contributed by atoms with E-state index in [4.69, 9.17) is 0 Å². The molecule has 0 spiro atoms. The Morgan fingerprint density at radius 2 is 2.28 bits per heavy atom. The monoisotopic (exact) mass is 269 g/mol. The highest BCUT2D eigenvalue weighted by atomic mass is 32.2. The Hall–Kier alpha value is -0.980. The molecule has 0 aliphatic carbocycles. The van der Waals surface area contributed by atoms with Gasteiger partial charge in [-0.2, -0.15) is 4.31 Å². The van der Waals surface area contributed by atoms with Gasteiger partial charge in [0.25, 0.3) is 0 Å². The highest BCUT2D eigenvalue weighted by Gasteiger charge is 2.34. The van der Waals surface area contributed by atoms with Gasteiger partial charge in [0.1, 0.15) is 5.25 Å². The number of hydrogen-bond acceptors (Lipinski definition) is 4. The second-order valence-corrected chi connectivity index (χ2v) is 6.81. The molecule has 0 radical (unpaired) electrons. The third-order valence-corrected chi connectivity index (χ3v) is 5.65. The van der Waals surface area contributed by atoms with E-state index in [-0.39, 0.29) is 6.04 Å². The lowest BCUT2D eigenvalue weighted by atomic mass is 10.3. The van der Waals surface area contributed by atoms with Gasteiger partial charge in [0.05, 0.1) is 5.69 Å². The Morgan fingerprint density at radius 3 is 2.89 bits per heavy atom. The highest BCUT2D eigenvalue weighted by molar-refractivity contribution is 7.89. The first-order chi connectivity index (χ1) is 8.53. The van der Waals surface area contributed by atoms with Crippen molar-refractivity contribution in [1.29, 1.82) is 0 Å². The van der Waals surface area contributed by atoms with Crippen LogP contribution in [-0.2, 0) is 10.0 Å². The number of rotatable bonds is 3. The van der Waals surface area contributed by atoms with Crippen LogP contribution in [0.5, 0.6) is 0 Å². The quantitative estimate of drug-likeness (QED) is 0.880. The van der Waals surface area contributed by atoms with Crippen LogP contribution < -0.4 is 5.32 Å². The van der Waals surface area contributed by atoms with Crippen molar-refractivity contribution < 1.29 is 8.42 Å². The molecule has 1 aliphatic rings. The van der Waals surface area contributed by atoms with E-state index in [9.17, 15) is 8.42 Å². The highest BCUT2D eigenvalue weighted by Crippen LogP contribution is 2.25. The number of piperazine rings is 1. The molecule has 1 saturated heterocycles. The molecular weight excluding hydrogens is 250 g/mol. The summed E-state index contributed by atoms with van der Waals surface area (Å²) in [6.07, 6.45) is 1.63. The minimum absolute atomic E-state index is 0.00471. The number of hydrogen-bond donors (Lipinski definition) is 1. The van der Waals surface area contributed by atoms with Crippen LogP contribution in [0.1, 0.15) is 24.8 Å². The van der Waals surface area contributed by atoms with E-state index in [2.05, 4.69) is 10.3 Å². The molecule has 6 heteroatoms. The average molecular weight is 269 g/mol. The standard InChI is InChI=1S/C12H19N3O2S/c1-10-9-13-7-8-15(10)18(16,17)11(2)12-5-3-4-6-14-12/h3-6,10-11,13H,7-9H2,1-2H3/t10-,11+/m0/s1. The predicted molar refractivity (Wildman–Crippen MR) is 70.6 cm³/mol. The van der Waals surface area contributed by atoms with Crippen molar-refractivity contribution in [2.24, 2.45) is 0 Å². The molecule has 1 fully saturated rings. The van der Waals surface area contributed by atoms with E-state index in [1.807, 2.05) is 13.0 Å². The fourth-order valence-electron chi connectivity index (χ4n) is 2.17. The lowest BCUT2D eigenvalue weighted by molar-refractivity contribution is 0.281. The molecule has 1 aliphatic heterocycles. The molecular formula is C12H19N3O2S. The minimum atomic E-state index is -3.33. The van der Waals surface area contributed by atoms with Gasteiger partial charge in [-0.1, -0.05) is 6.07 Å². The summed E-state index contributed by atoms with van der Waals surface area (Å²) in [7, 11) is -3.33. The van der Waals surface area contributed by atoms with Gasteiger partial charge in [0.15, 0.2) is 0 Å². The Labute approximate surface area is 108 Å². The molecule has 0 saturated carbocycles. The van der Waals surface area contributed by atoms with Gasteiger partial charge in [-0.3, -0.25) is 4.98 Å². The SMILES string of the molecule is C[C@H](c1ccccn1)S(=O)(=O)N1CCNC[C@@H]1C. The van der Waals surface area contributed by atoms with Crippen LogP contribution in [0.2, 0.25) is 0 Å². The van der Waals surface area contributed by atoms with Crippen LogP contribution >= 0.6 is 0 Å². The van der Waals surface area contributed by atoms with Crippen LogP contribution in [0.25, 0.3) is 0 Å². The fourth-order valence-corrected chi connectivity index (χ4v) is 3.95. The van der Waals surface area contributed by atoms with E-state index in [1.54, 1.807) is 29.6 Å². The Kier molecular flexibility index (Phi) is 3.99. The van der Waals surface area contributed by atoms with E-state index in [0.29, 0.717) is 25.3 Å². The van der Waals surface area contributed by atoms with Gasteiger partial charge >= 0.3 is 0 Å². The van der Waals surface area contributed by atoms with Crippen molar-refractivity contribution >= 4 is 10.0 Å². The lowest BCUT2D eigenvalue weighted by Crippen LogP contribution is -2.53. The van der Waals surface area contributed by atoms with Crippen LogP contribution in [0, 0.1) is 0 Å². The smallest absolute Gasteiger partial charge is 0.222 e. The zero-order valence-corrected chi connectivity index (χ0v) is 11.5. The first-order valence-electron chi connectivity index (χ1n) is 6.16. The molecule has 100 valence electrons. The summed E-state index contributed by atoms with van der Waals surface area (Å²) in [6.45, 7) is 5.56. The normalized spacial score (nSPS) is 23.8. The van der Waals surface area contributed by atoms with Crippen molar-refractivity contribution in [2.75, 3.05) is 19.6 Å². The maximum Gasteiger partial charge on any atom is 0.222 e. The number of nitrogens with one attached hydrogen (secondary N) is 1. The maximum absolute atomic E-state index is 12.6. The van der Waals surface area contributed by atoms with E-state index in [1.165, 1.54) is 0 Å². The van der Waals surface area contributed by atoms with Crippen molar-refractivity contribution in [3.05, 3.63) is 30.1 Å². The third-order valence-electron chi connectivity index (χ3n) is 3.32. The molecule has 2 rings (SSSR count). The van der Waals surface area contributed by atoms with E-state index >= 15 is 0 Å². The molecule has 0 bridgehead atoms. The van der Waals surface area contributed by atoms with Crippen molar-refractivity contribution in [2.45, 2.75) is 25.1 Å². The Bertz CT molecular complexity index is 489. The molecule has 0 aromatic carbocycles. The molecule has 18 heavy (non-hydrogen) atoms. The van der Waals surface area contributed by atoms with Crippen LogP contribution in [-0.4, -0.2) is 43.4 Å². The van der Waals surface area contributed by atoms with Gasteiger partial charge in [0.2, 0.25) is 10.0 Å². The van der Waals surface area contributed by atoms with Gasteiger partial charge in [0, 0.05) is 31.9 Å². The number of nitrogens with zero attached hydrogens (tertiary/aromatic N) is 2. The van der Waals surface area contributed by atoms with Gasteiger partial charge in [-0.25, -0.2) is 8.42 Å². The summed E-state index contributed by atoms with van der Waals surface area (Å²) in [4.78, 5) is 4.14. The third kappa shape index (κ3) is 2.55. The molecule has 2 heterocycles. The van der Waals surface area contributed by atoms with Crippen LogP contribution in [0.3, 0.4) is 0 Å². The second kappa shape index (κ2) is 5.34. The summed E-state index contributed by atoms with van der Waals surface area (Å²) < 4.78 is 26.7. The van der Waals surface area contributed by atoms with Crippen LogP contribution in [0.4, 0.5) is 0 Å². The zero-order valence-electron chi connectivity index (χ0n) is 10.7. The Morgan fingerprint density at radius 1 is 1.50 bits per heavy atom. The summed E-state index contributed by atoms with van der Waals surface area (Å²) in [5, 5.41) is 2.60. The molecule has 1 aromatic rings. The minimum Gasteiger partial charge on any atom is -0.314 e. The topological polar surface area (TPSA) is 62.3 Å². The maximum atomic E-state index is 12.6. The van der Waals surface area contributed by atoms with Crippen molar-refractivity contribution in [3.63, 3.8) is 0 Å². The lowest BCUT2D eigenvalue weighted by Gasteiger charge is -2.34. The summed E-state index contributed by atoms with van der Waals surface area (Å²) in [6, 6.07) is 5.36. The molecule has 0 amide bonds. The van der Waals surface area contributed by atoms with Gasteiger partial charge in [-0.15, -0.1) is 0 Å². The van der Waals surface area contributed by atoms with Crippen molar-refractivity contribution in [3.8, 4) is 0 Å². The number of sulfonamides is 1. The molecule has 0 unspecified atom stereocenters. The summed E-state index contributed by atoms with van der Waals surface area (Å²) in [5.74, 6) is 0. The molecule has 2 atom stereocenters. The first kappa shape index (κ1) is 13.5. The zero-order chi connectivity index (χ0) is 13.2. The predicted octanol–water partition coefficient (Wildman–Crippen LogP) is 0.766. The number of pyridine rings is 1. The second-order valence-electron chi connectivity index (χ2n) is 4.61. The number of aromatic nitrogens is 1. The van der Waals surface area contributed by atoms with Crippen LogP contribution in [0.15, 0.2) is 24.4 Å². The first-order valence-corrected chi connectivity index (χ1v) is 7.66. The van der Waals surface area contributed by atoms with E-state index in [0.717, 1.165) is 0 Å². The average Bonchev–Trinajstić information content (AvgIpc) is 2.39.